The van der Waals surface area contributed by atoms with Crippen LogP contribution < -0.4 is 11.1 Å². The third kappa shape index (κ3) is 6.53. The number of hydrogen-bond acceptors (Lipinski definition) is 4. The molecular weight excluding hydrogens is 192 g/mol. The SMILES string of the molecule is CC(CS(C)(=O)=O)NC(=O)C(C)N. The number of sulfone groups is 1. The highest BCUT2D eigenvalue weighted by Gasteiger charge is 2.14. The monoisotopic (exact) mass is 208 g/mol. The molecule has 0 saturated heterocycles. The summed E-state index contributed by atoms with van der Waals surface area (Å²) >= 11 is 0. The van der Waals surface area contributed by atoms with Crippen molar-refractivity contribution >= 4 is 15.7 Å². The van der Waals surface area contributed by atoms with Crippen LogP contribution in [0.25, 0.3) is 0 Å². The van der Waals surface area contributed by atoms with Gasteiger partial charge in [-0.15, -0.1) is 0 Å². The van der Waals surface area contributed by atoms with Crippen molar-refractivity contribution in [3.8, 4) is 0 Å². The Morgan fingerprint density at radius 3 is 2.23 bits per heavy atom. The Hall–Kier alpha value is -0.620. The molecule has 0 aliphatic heterocycles. The topological polar surface area (TPSA) is 89.3 Å². The number of carbonyl (C=O) groups is 1. The molecule has 0 aromatic carbocycles. The summed E-state index contributed by atoms with van der Waals surface area (Å²) in [6, 6.07) is -1.00. The molecule has 0 rings (SSSR count). The number of hydrogen-bond donors (Lipinski definition) is 2. The van der Waals surface area contributed by atoms with Gasteiger partial charge in [-0.05, 0) is 13.8 Å². The summed E-state index contributed by atoms with van der Waals surface area (Å²) in [4.78, 5) is 11.0. The quantitative estimate of drug-likeness (QED) is 0.612. The van der Waals surface area contributed by atoms with Crippen molar-refractivity contribution in [1.29, 1.82) is 0 Å². The van der Waals surface area contributed by atoms with Crippen molar-refractivity contribution < 1.29 is 13.2 Å². The predicted molar refractivity (Wildman–Crippen MR) is 51.0 cm³/mol. The van der Waals surface area contributed by atoms with E-state index in [0.29, 0.717) is 0 Å². The zero-order valence-corrected chi connectivity index (χ0v) is 8.89. The van der Waals surface area contributed by atoms with Crippen LogP contribution in [0.5, 0.6) is 0 Å². The van der Waals surface area contributed by atoms with Crippen LogP contribution in [-0.4, -0.2) is 38.4 Å². The summed E-state index contributed by atoms with van der Waals surface area (Å²) in [5.41, 5.74) is 5.29. The first-order chi connectivity index (χ1) is 5.72. The van der Waals surface area contributed by atoms with Crippen molar-refractivity contribution in [3.63, 3.8) is 0 Å². The summed E-state index contributed by atoms with van der Waals surface area (Å²) < 4.78 is 21.6. The van der Waals surface area contributed by atoms with Crippen LogP contribution in [0.1, 0.15) is 13.8 Å². The molecule has 13 heavy (non-hydrogen) atoms. The van der Waals surface area contributed by atoms with Crippen LogP contribution in [0.4, 0.5) is 0 Å². The fraction of sp³-hybridized carbons (Fsp3) is 0.857. The molecule has 0 aliphatic carbocycles. The molecule has 6 heteroatoms. The molecule has 2 unspecified atom stereocenters. The molecule has 3 N–H and O–H groups in total. The second-order valence-corrected chi connectivity index (χ2v) is 5.48. The summed E-state index contributed by atoms with van der Waals surface area (Å²) in [5.74, 6) is -0.401. The molecule has 1 amide bonds. The Balaban J connectivity index is 4.03. The Kier molecular flexibility index (Phi) is 4.35. The van der Waals surface area contributed by atoms with Crippen LogP contribution in [-0.2, 0) is 14.6 Å². The summed E-state index contributed by atoms with van der Waals surface area (Å²) in [6.45, 7) is 3.17. The van der Waals surface area contributed by atoms with Gasteiger partial charge in [0.1, 0.15) is 9.84 Å². The van der Waals surface area contributed by atoms with Crippen molar-refractivity contribution in [1.82, 2.24) is 5.32 Å². The first-order valence-corrected chi connectivity index (χ1v) is 6.02. The van der Waals surface area contributed by atoms with Gasteiger partial charge in [0, 0.05) is 12.3 Å². The minimum absolute atomic E-state index is 0.0640. The van der Waals surface area contributed by atoms with Crippen LogP contribution >= 0.6 is 0 Å². The molecule has 0 spiro atoms. The molecule has 0 radical (unpaired) electrons. The average Bonchev–Trinajstić information content (AvgIpc) is 1.81. The first kappa shape index (κ1) is 12.4. The molecule has 78 valence electrons. The van der Waals surface area contributed by atoms with E-state index >= 15 is 0 Å². The van der Waals surface area contributed by atoms with E-state index in [0.717, 1.165) is 6.26 Å². The number of nitrogens with two attached hydrogens (primary N) is 1. The highest BCUT2D eigenvalue weighted by atomic mass is 32.2. The van der Waals surface area contributed by atoms with E-state index in [1.807, 2.05) is 0 Å². The van der Waals surface area contributed by atoms with Gasteiger partial charge in [-0.2, -0.15) is 0 Å². The number of rotatable bonds is 4. The lowest BCUT2D eigenvalue weighted by Gasteiger charge is -2.14. The van der Waals surface area contributed by atoms with E-state index in [2.05, 4.69) is 5.32 Å². The van der Waals surface area contributed by atoms with Crippen LogP contribution in [0.15, 0.2) is 0 Å². The van der Waals surface area contributed by atoms with Crippen molar-refractivity contribution in [2.45, 2.75) is 25.9 Å². The van der Waals surface area contributed by atoms with E-state index in [1.54, 1.807) is 13.8 Å². The average molecular weight is 208 g/mol. The van der Waals surface area contributed by atoms with E-state index in [-0.39, 0.29) is 11.7 Å². The molecule has 0 fully saturated rings. The molecule has 0 heterocycles. The number of nitrogens with one attached hydrogen (secondary N) is 1. The van der Waals surface area contributed by atoms with Gasteiger partial charge in [0.15, 0.2) is 0 Å². The van der Waals surface area contributed by atoms with Gasteiger partial charge in [0.2, 0.25) is 5.91 Å². The van der Waals surface area contributed by atoms with E-state index < -0.39 is 21.9 Å². The van der Waals surface area contributed by atoms with Gasteiger partial charge in [-0.3, -0.25) is 4.79 Å². The lowest BCUT2D eigenvalue weighted by Crippen LogP contribution is -2.45. The third-order valence-electron chi connectivity index (χ3n) is 1.35. The fourth-order valence-corrected chi connectivity index (χ4v) is 1.86. The molecule has 0 bridgehead atoms. The molecule has 0 aliphatic rings. The molecule has 2 atom stereocenters. The maximum absolute atomic E-state index is 11.0. The van der Waals surface area contributed by atoms with Crippen LogP contribution in [0, 0.1) is 0 Å². The number of amides is 1. The van der Waals surface area contributed by atoms with Crippen LogP contribution in [0.2, 0.25) is 0 Å². The minimum Gasteiger partial charge on any atom is -0.351 e. The zero-order valence-electron chi connectivity index (χ0n) is 8.07. The maximum Gasteiger partial charge on any atom is 0.236 e. The van der Waals surface area contributed by atoms with Gasteiger partial charge in [-0.25, -0.2) is 8.42 Å². The second-order valence-electron chi connectivity index (χ2n) is 3.29. The molecule has 0 aromatic heterocycles. The molecule has 0 saturated carbocycles. The van der Waals surface area contributed by atoms with Crippen molar-refractivity contribution in [2.24, 2.45) is 5.73 Å². The van der Waals surface area contributed by atoms with E-state index in [4.69, 9.17) is 5.73 Å². The van der Waals surface area contributed by atoms with E-state index in [1.165, 1.54) is 0 Å². The van der Waals surface area contributed by atoms with Gasteiger partial charge < -0.3 is 11.1 Å². The normalized spacial score (nSPS) is 16.3. The lowest BCUT2D eigenvalue weighted by molar-refractivity contribution is -0.122. The van der Waals surface area contributed by atoms with E-state index in [9.17, 15) is 13.2 Å². The van der Waals surface area contributed by atoms with Gasteiger partial charge >= 0.3 is 0 Å². The summed E-state index contributed by atoms with van der Waals surface area (Å²) in [7, 11) is -3.05. The molecule has 0 aromatic rings. The standard InChI is InChI=1S/C7H16N2O3S/c1-5(4-13(3,11)12)9-7(10)6(2)8/h5-6H,4,8H2,1-3H3,(H,9,10). The lowest BCUT2D eigenvalue weighted by atomic mass is 10.3. The largest absolute Gasteiger partial charge is 0.351 e. The summed E-state index contributed by atoms with van der Waals surface area (Å²) in [5, 5.41) is 2.49. The van der Waals surface area contributed by atoms with Gasteiger partial charge in [0.25, 0.3) is 0 Å². The number of carbonyl (C=O) groups excluding carboxylic acids is 1. The molecular formula is C7H16N2O3S. The zero-order chi connectivity index (χ0) is 10.6. The maximum atomic E-state index is 11.0. The Labute approximate surface area is 78.6 Å². The Morgan fingerprint density at radius 2 is 1.92 bits per heavy atom. The van der Waals surface area contributed by atoms with Crippen molar-refractivity contribution in [3.05, 3.63) is 0 Å². The van der Waals surface area contributed by atoms with Gasteiger partial charge in [0.05, 0.1) is 11.8 Å². The van der Waals surface area contributed by atoms with Crippen molar-refractivity contribution in [2.75, 3.05) is 12.0 Å². The summed E-state index contributed by atoms with van der Waals surface area (Å²) in [6.07, 6.45) is 1.13. The Morgan fingerprint density at radius 1 is 1.46 bits per heavy atom. The first-order valence-electron chi connectivity index (χ1n) is 3.96. The van der Waals surface area contributed by atoms with Gasteiger partial charge in [-0.1, -0.05) is 0 Å². The van der Waals surface area contributed by atoms with Crippen LogP contribution in [0.3, 0.4) is 0 Å². The third-order valence-corrected chi connectivity index (χ3v) is 2.46. The fourth-order valence-electron chi connectivity index (χ4n) is 0.870. The smallest absolute Gasteiger partial charge is 0.236 e. The highest BCUT2D eigenvalue weighted by molar-refractivity contribution is 7.90. The Bertz CT molecular complexity index is 271. The molecule has 5 nitrogen and oxygen atoms in total. The predicted octanol–water partition coefficient (Wildman–Crippen LogP) is -1.12. The second kappa shape index (κ2) is 4.57. The highest BCUT2D eigenvalue weighted by Crippen LogP contribution is 1.90. The minimum atomic E-state index is -3.05.